The lowest BCUT2D eigenvalue weighted by Gasteiger charge is -2.25. The van der Waals surface area contributed by atoms with Gasteiger partial charge >= 0.3 is 0 Å². The number of amides is 1. The molecule has 1 atom stereocenters. The molecular formula is C25H20ClN3O3. The Hall–Kier alpha value is -3.64. The number of hydrogen-bond donors (Lipinski definition) is 1. The van der Waals surface area contributed by atoms with E-state index in [9.17, 15) is 9.59 Å². The fraction of sp³-hybridized carbons (Fsp3) is 0.160. The van der Waals surface area contributed by atoms with Crippen molar-refractivity contribution >= 4 is 28.4 Å². The number of nitrogens with zero attached hydrogens (tertiary/aromatic N) is 2. The first kappa shape index (κ1) is 20.3. The van der Waals surface area contributed by atoms with Crippen molar-refractivity contribution in [3.05, 3.63) is 105 Å². The summed E-state index contributed by atoms with van der Waals surface area (Å²) in [6.45, 7) is 0.526. The molecule has 4 aromatic rings. The van der Waals surface area contributed by atoms with Crippen LogP contribution < -0.4 is 10.3 Å². The van der Waals surface area contributed by atoms with Crippen molar-refractivity contribution in [3.8, 4) is 5.75 Å². The summed E-state index contributed by atoms with van der Waals surface area (Å²) in [7, 11) is 0. The fourth-order valence-electron chi connectivity index (χ4n) is 3.96. The van der Waals surface area contributed by atoms with Crippen LogP contribution in [0.25, 0.3) is 10.9 Å². The maximum atomic E-state index is 13.5. The molecule has 2 heterocycles. The minimum atomic E-state index is -0.653. The number of aromatic amines is 1. The highest BCUT2D eigenvalue weighted by Gasteiger charge is 2.33. The number of carbonyl (C=O) groups is 1. The molecule has 0 unspecified atom stereocenters. The van der Waals surface area contributed by atoms with Gasteiger partial charge in [0, 0.05) is 18.0 Å². The van der Waals surface area contributed by atoms with Crippen LogP contribution in [0.4, 0.5) is 0 Å². The Labute approximate surface area is 189 Å². The third kappa shape index (κ3) is 4.09. The summed E-state index contributed by atoms with van der Waals surface area (Å²) in [5.74, 6) is 0.929. The van der Waals surface area contributed by atoms with Crippen molar-refractivity contribution in [2.45, 2.75) is 25.6 Å². The van der Waals surface area contributed by atoms with Gasteiger partial charge in [0.05, 0.1) is 17.4 Å². The minimum Gasteiger partial charge on any atom is -0.480 e. The molecule has 1 amide bonds. The lowest BCUT2D eigenvalue weighted by molar-refractivity contribution is -0.139. The number of ether oxygens (including phenoxy) is 1. The molecule has 1 N–H and O–H groups in total. The van der Waals surface area contributed by atoms with Crippen LogP contribution in [0.2, 0.25) is 5.02 Å². The number of fused-ring (bicyclic) bond motifs is 2. The molecule has 32 heavy (non-hydrogen) atoms. The van der Waals surface area contributed by atoms with Gasteiger partial charge < -0.3 is 14.6 Å². The topological polar surface area (TPSA) is 75.3 Å². The average Bonchev–Trinajstić information content (AvgIpc) is 3.22. The van der Waals surface area contributed by atoms with E-state index in [1.165, 1.54) is 0 Å². The molecule has 5 rings (SSSR count). The molecule has 1 aliphatic rings. The number of hydrogen-bond acceptors (Lipinski definition) is 4. The lowest BCUT2D eigenvalue weighted by atomic mass is 10.1. The zero-order chi connectivity index (χ0) is 22.1. The monoisotopic (exact) mass is 445 g/mol. The van der Waals surface area contributed by atoms with Gasteiger partial charge in [-0.3, -0.25) is 9.59 Å². The summed E-state index contributed by atoms with van der Waals surface area (Å²) in [5.41, 5.74) is 2.25. The number of H-pyrrole nitrogens is 1. The summed E-state index contributed by atoms with van der Waals surface area (Å²) in [6.07, 6.45) is -0.207. The van der Waals surface area contributed by atoms with E-state index >= 15 is 0 Å². The largest absolute Gasteiger partial charge is 0.480 e. The molecule has 1 aliphatic heterocycles. The SMILES string of the molecule is O=C([C@H]1Cc2cc(Cl)ccc2O1)N(Cc1ccccc1)Cc1nc2ccccc2c(=O)[nH]1. The number of aromatic nitrogens is 2. The van der Waals surface area contributed by atoms with E-state index in [-0.39, 0.29) is 18.0 Å². The van der Waals surface area contributed by atoms with Gasteiger partial charge in [-0.25, -0.2) is 4.98 Å². The first-order chi connectivity index (χ1) is 15.6. The number of carbonyl (C=O) groups excluding carboxylic acids is 1. The molecule has 0 saturated carbocycles. The highest BCUT2D eigenvalue weighted by molar-refractivity contribution is 6.30. The lowest BCUT2D eigenvalue weighted by Crippen LogP contribution is -2.41. The second-order valence-electron chi connectivity index (χ2n) is 7.77. The van der Waals surface area contributed by atoms with Crippen LogP contribution in [-0.2, 0) is 24.3 Å². The molecule has 6 nitrogen and oxygen atoms in total. The Kier molecular flexibility index (Phi) is 5.37. The number of halogens is 1. The Morgan fingerprint density at radius 3 is 2.69 bits per heavy atom. The molecule has 7 heteroatoms. The van der Waals surface area contributed by atoms with E-state index < -0.39 is 6.10 Å². The number of benzene rings is 3. The maximum Gasteiger partial charge on any atom is 0.264 e. The summed E-state index contributed by atoms with van der Waals surface area (Å²) < 4.78 is 5.93. The van der Waals surface area contributed by atoms with Gasteiger partial charge in [-0.2, -0.15) is 0 Å². The Balaban J connectivity index is 1.44. The van der Waals surface area contributed by atoms with Crippen LogP contribution >= 0.6 is 11.6 Å². The molecule has 0 bridgehead atoms. The van der Waals surface area contributed by atoms with Gasteiger partial charge in [-0.1, -0.05) is 54.1 Å². The normalized spacial score (nSPS) is 14.7. The van der Waals surface area contributed by atoms with Crippen molar-refractivity contribution < 1.29 is 9.53 Å². The second-order valence-corrected chi connectivity index (χ2v) is 8.21. The number of rotatable bonds is 5. The maximum absolute atomic E-state index is 13.5. The molecule has 3 aromatic carbocycles. The summed E-state index contributed by atoms with van der Waals surface area (Å²) >= 11 is 6.10. The Bertz CT molecular complexity index is 1350. The molecule has 0 aliphatic carbocycles. The first-order valence-electron chi connectivity index (χ1n) is 10.3. The van der Waals surface area contributed by atoms with Crippen molar-refractivity contribution in [2.75, 3.05) is 0 Å². The third-order valence-corrected chi connectivity index (χ3v) is 5.74. The van der Waals surface area contributed by atoms with Gasteiger partial charge in [0.15, 0.2) is 6.10 Å². The van der Waals surface area contributed by atoms with Crippen LogP contribution in [0.3, 0.4) is 0 Å². The van der Waals surface area contributed by atoms with E-state index in [1.807, 2.05) is 42.5 Å². The fourth-order valence-corrected chi connectivity index (χ4v) is 4.16. The van der Waals surface area contributed by atoms with Crippen molar-refractivity contribution in [1.29, 1.82) is 0 Å². The van der Waals surface area contributed by atoms with Crippen molar-refractivity contribution in [3.63, 3.8) is 0 Å². The minimum absolute atomic E-state index is 0.158. The van der Waals surface area contributed by atoms with Crippen LogP contribution in [-0.4, -0.2) is 26.9 Å². The highest BCUT2D eigenvalue weighted by atomic mass is 35.5. The summed E-state index contributed by atoms with van der Waals surface area (Å²) in [6, 6.07) is 22.2. The van der Waals surface area contributed by atoms with Gasteiger partial charge in [-0.05, 0) is 41.5 Å². The summed E-state index contributed by atoms with van der Waals surface area (Å²) in [5, 5.41) is 1.13. The molecule has 0 fully saturated rings. The molecule has 1 aromatic heterocycles. The molecule has 160 valence electrons. The van der Waals surface area contributed by atoms with Gasteiger partial charge in [0.25, 0.3) is 11.5 Å². The van der Waals surface area contributed by atoms with Gasteiger partial charge in [-0.15, -0.1) is 0 Å². The van der Waals surface area contributed by atoms with E-state index in [0.29, 0.717) is 40.5 Å². The zero-order valence-electron chi connectivity index (χ0n) is 17.1. The predicted molar refractivity (Wildman–Crippen MR) is 123 cm³/mol. The zero-order valence-corrected chi connectivity index (χ0v) is 17.9. The van der Waals surface area contributed by atoms with E-state index in [4.69, 9.17) is 16.3 Å². The number of nitrogens with one attached hydrogen (secondary N) is 1. The van der Waals surface area contributed by atoms with Gasteiger partial charge in [0.2, 0.25) is 0 Å². The van der Waals surface area contributed by atoms with E-state index in [1.54, 1.807) is 35.2 Å². The first-order valence-corrected chi connectivity index (χ1v) is 10.7. The molecule has 0 radical (unpaired) electrons. The smallest absolute Gasteiger partial charge is 0.264 e. The summed E-state index contributed by atoms with van der Waals surface area (Å²) in [4.78, 5) is 35.1. The van der Waals surface area contributed by atoms with E-state index in [2.05, 4.69) is 9.97 Å². The second kappa shape index (κ2) is 8.48. The van der Waals surface area contributed by atoms with Crippen LogP contribution in [0.1, 0.15) is 17.0 Å². The van der Waals surface area contributed by atoms with Crippen molar-refractivity contribution in [1.82, 2.24) is 14.9 Å². The predicted octanol–water partition coefficient (Wildman–Crippen LogP) is 4.11. The van der Waals surface area contributed by atoms with Gasteiger partial charge in [0.1, 0.15) is 11.6 Å². The number of para-hydroxylation sites is 1. The quantitative estimate of drug-likeness (QED) is 0.501. The standard InChI is InChI=1S/C25H20ClN3O3/c26-18-10-11-21-17(12-18)13-22(32-21)25(31)29(14-16-6-2-1-3-7-16)15-23-27-20-9-5-4-8-19(20)24(30)28-23/h1-12,22H,13-15H2,(H,27,28,30)/t22-/m1/s1. The van der Waals surface area contributed by atoms with Crippen LogP contribution in [0.5, 0.6) is 5.75 Å². The molecule has 0 saturated heterocycles. The van der Waals surface area contributed by atoms with Crippen molar-refractivity contribution in [2.24, 2.45) is 0 Å². The highest BCUT2D eigenvalue weighted by Crippen LogP contribution is 2.32. The third-order valence-electron chi connectivity index (χ3n) is 5.50. The Morgan fingerprint density at radius 2 is 1.84 bits per heavy atom. The average molecular weight is 446 g/mol. The van der Waals surface area contributed by atoms with Crippen LogP contribution in [0, 0.1) is 0 Å². The molecular weight excluding hydrogens is 426 g/mol. The van der Waals surface area contributed by atoms with Crippen LogP contribution in [0.15, 0.2) is 77.6 Å². The Morgan fingerprint density at radius 1 is 1.06 bits per heavy atom. The van der Waals surface area contributed by atoms with E-state index in [0.717, 1.165) is 11.1 Å². The molecule has 0 spiro atoms.